The van der Waals surface area contributed by atoms with Crippen LogP contribution in [0, 0.1) is 0 Å². The third-order valence-corrected chi connectivity index (χ3v) is 5.95. The Hall–Kier alpha value is -2.63. The summed E-state index contributed by atoms with van der Waals surface area (Å²) in [5, 5.41) is 4.28. The minimum Gasteiger partial charge on any atom is -0.457 e. The number of nitrogens with zero attached hydrogens (tertiary/aromatic N) is 1. The lowest BCUT2D eigenvalue weighted by Crippen LogP contribution is -2.07. The number of carbonyl (C=O) groups excluding carboxylic acids is 1. The second-order valence-electron chi connectivity index (χ2n) is 5.98. The standard InChI is InChI=1S/C22H17NO2S2/c24-22(25-12-17-8-5-7-16-6-1-2-9-19(16)17)20-10-3-4-11-21(20)27-14-18-13-26-15-23-18/h1-11,13,15H,12,14H2. The van der Waals surface area contributed by atoms with E-state index in [0.717, 1.165) is 32.7 Å². The lowest BCUT2D eigenvalue weighted by molar-refractivity contribution is 0.0470. The summed E-state index contributed by atoms with van der Waals surface area (Å²) in [5.74, 6) is 0.432. The second-order valence-corrected chi connectivity index (χ2v) is 7.71. The van der Waals surface area contributed by atoms with E-state index in [1.165, 1.54) is 0 Å². The molecule has 4 rings (SSSR count). The molecule has 0 spiro atoms. The molecule has 5 heteroatoms. The number of aromatic nitrogens is 1. The van der Waals surface area contributed by atoms with Gasteiger partial charge in [0.05, 0.1) is 16.8 Å². The molecule has 0 saturated heterocycles. The number of carbonyl (C=O) groups is 1. The summed E-state index contributed by atoms with van der Waals surface area (Å²) < 4.78 is 5.63. The number of hydrogen-bond donors (Lipinski definition) is 0. The first kappa shape index (κ1) is 17.8. The van der Waals surface area contributed by atoms with Gasteiger partial charge in [-0.15, -0.1) is 23.1 Å². The Morgan fingerprint density at radius 3 is 2.70 bits per heavy atom. The largest absolute Gasteiger partial charge is 0.457 e. The van der Waals surface area contributed by atoms with Crippen LogP contribution >= 0.6 is 23.1 Å². The third kappa shape index (κ3) is 4.21. The van der Waals surface area contributed by atoms with E-state index in [9.17, 15) is 4.79 Å². The molecule has 0 unspecified atom stereocenters. The lowest BCUT2D eigenvalue weighted by Gasteiger charge is -2.10. The molecule has 0 aliphatic rings. The van der Waals surface area contributed by atoms with E-state index in [4.69, 9.17) is 4.74 Å². The summed E-state index contributed by atoms with van der Waals surface area (Å²) >= 11 is 3.18. The molecule has 0 aliphatic heterocycles. The van der Waals surface area contributed by atoms with Gasteiger partial charge in [0, 0.05) is 16.0 Å². The van der Waals surface area contributed by atoms with Crippen LogP contribution in [0.15, 0.2) is 82.5 Å². The van der Waals surface area contributed by atoms with Gasteiger partial charge in [-0.25, -0.2) is 9.78 Å². The highest BCUT2D eigenvalue weighted by Crippen LogP contribution is 2.27. The summed E-state index contributed by atoms with van der Waals surface area (Å²) in [6, 6.07) is 21.7. The Morgan fingerprint density at radius 2 is 1.81 bits per heavy atom. The van der Waals surface area contributed by atoms with E-state index in [1.807, 2.05) is 59.4 Å². The van der Waals surface area contributed by atoms with E-state index in [-0.39, 0.29) is 12.6 Å². The number of ether oxygens (including phenoxy) is 1. The molecule has 0 amide bonds. The van der Waals surface area contributed by atoms with Crippen LogP contribution in [-0.2, 0) is 17.1 Å². The second kappa shape index (κ2) is 8.37. The molecule has 0 radical (unpaired) electrons. The molecule has 0 fully saturated rings. The molecule has 0 saturated carbocycles. The van der Waals surface area contributed by atoms with Crippen molar-refractivity contribution < 1.29 is 9.53 Å². The van der Waals surface area contributed by atoms with Gasteiger partial charge in [-0.1, -0.05) is 54.6 Å². The molecule has 0 bridgehead atoms. The normalized spacial score (nSPS) is 10.8. The molecule has 0 atom stereocenters. The van der Waals surface area contributed by atoms with Crippen molar-refractivity contribution in [3.8, 4) is 0 Å². The van der Waals surface area contributed by atoms with Crippen molar-refractivity contribution in [2.24, 2.45) is 0 Å². The van der Waals surface area contributed by atoms with Crippen molar-refractivity contribution in [3.63, 3.8) is 0 Å². The van der Waals surface area contributed by atoms with Crippen LogP contribution in [0.2, 0.25) is 0 Å². The number of thioether (sulfide) groups is 1. The van der Waals surface area contributed by atoms with Gasteiger partial charge in [-0.05, 0) is 28.5 Å². The fourth-order valence-corrected chi connectivity index (χ4v) is 4.47. The van der Waals surface area contributed by atoms with Gasteiger partial charge in [0.1, 0.15) is 6.61 Å². The number of hydrogen-bond acceptors (Lipinski definition) is 5. The molecule has 4 aromatic rings. The average molecular weight is 392 g/mol. The van der Waals surface area contributed by atoms with Crippen molar-refractivity contribution in [2.75, 3.05) is 0 Å². The monoisotopic (exact) mass is 391 g/mol. The molecular formula is C22H17NO2S2. The maximum atomic E-state index is 12.7. The number of rotatable bonds is 6. The van der Waals surface area contributed by atoms with Crippen molar-refractivity contribution in [1.82, 2.24) is 4.98 Å². The van der Waals surface area contributed by atoms with Crippen LogP contribution in [0.3, 0.4) is 0 Å². The van der Waals surface area contributed by atoms with Crippen molar-refractivity contribution in [3.05, 3.63) is 94.4 Å². The molecule has 0 N–H and O–H groups in total. The van der Waals surface area contributed by atoms with Gasteiger partial charge < -0.3 is 4.74 Å². The highest BCUT2D eigenvalue weighted by atomic mass is 32.2. The quantitative estimate of drug-likeness (QED) is 0.301. The summed E-state index contributed by atoms with van der Waals surface area (Å²) in [6.45, 7) is 0.255. The van der Waals surface area contributed by atoms with Crippen LogP contribution in [0.5, 0.6) is 0 Å². The van der Waals surface area contributed by atoms with Crippen LogP contribution in [0.4, 0.5) is 0 Å². The summed E-state index contributed by atoms with van der Waals surface area (Å²) in [6.07, 6.45) is 0. The van der Waals surface area contributed by atoms with E-state index < -0.39 is 0 Å². The predicted molar refractivity (Wildman–Crippen MR) is 111 cm³/mol. The lowest BCUT2D eigenvalue weighted by atomic mass is 10.1. The Bertz CT molecular complexity index is 1060. The Morgan fingerprint density at radius 1 is 1.00 bits per heavy atom. The number of benzene rings is 3. The van der Waals surface area contributed by atoms with E-state index in [0.29, 0.717) is 5.56 Å². The smallest absolute Gasteiger partial charge is 0.339 e. The zero-order valence-electron chi connectivity index (χ0n) is 14.5. The zero-order valence-corrected chi connectivity index (χ0v) is 16.1. The first-order valence-corrected chi connectivity index (χ1v) is 10.5. The van der Waals surface area contributed by atoms with Gasteiger partial charge in [0.2, 0.25) is 0 Å². The first-order valence-electron chi connectivity index (χ1n) is 8.54. The van der Waals surface area contributed by atoms with Gasteiger partial charge >= 0.3 is 5.97 Å². The van der Waals surface area contributed by atoms with Gasteiger partial charge in [0.25, 0.3) is 0 Å². The maximum absolute atomic E-state index is 12.7. The van der Waals surface area contributed by atoms with Crippen LogP contribution in [-0.4, -0.2) is 11.0 Å². The number of esters is 1. The molecule has 134 valence electrons. The maximum Gasteiger partial charge on any atom is 0.339 e. The van der Waals surface area contributed by atoms with Gasteiger partial charge in [-0.2, -0.15) is 0 Å². The summed E-state index contributed by atoms with van der Waals surface area (Å²) in [4.78, 5) is 17.9. The van der Waals surface area contributed by atoms with Gasteiger partial charge in [0.15, 0.2) is 0 Å². The topological polar surface area (TPSA) is 39.2 Å². The van der Waals surface area contributed by atoms with Crippen molar-refractivity contribution in [2.45, 2.75) is 17.3 Å². The molecular weight excluding hydrogens is 374 g/mol. The SMILES string of the molecule is O=C(OCc1cccc2ccccc12)c1ccccc1SCc1cscn1. The van der Waals surface area contributed by atoms with E-state index in [2.05, 4.69) is 23.2 Å². The third-order valence-electron chi connectivity index (χ3n) is 4.20. The highest BCUT2D eigenvalue weighted by molar-refractivity contribution is 7.98. The predicted octanol–water partition coefficient (Wildman–Crippen LogP) is 5.95. The molecule has 0 aliphatic carbocycles. The van der Waals surface area contributed by atoms with Crippen LogP contribution in [0.25, 0.3) is 10.8 Å². The fraction of sp³-hybridized carbons (Fsp3) is 0.0909. The number of thiazole rings is 1. The van der Waals surface area contributed by atoms with Crippen LogP contribution in [0.1, 0.15) is 21.6 Å². The molecule has 27 heavy (non-hydrogen) atoms. The van der Waals surface area contributed by atoms with Crippen LogP contribution < -0.4 is 0 Å². The Balaban J connectivity index is 1.48. The van der Waals surface area contributed by atoms with E-state index >= 15 is 0 Å². The fourth-order valence-electron chi connectivity index (χ4n) is 2.86. The average Bonchev–Trinajstić information content (AvgIpc) is 3.24. The highest BCUT2D eigenvalue weighted by Gasteiger charge is 2.14. The van der Waals surface area contributed by atoms with Gasteiger partial charge in [-0.3, -0.25) is 0 Å². The Labute approximate surface area is 166 Å². The summed E-state index contributed by atoms with van der Waals surface area (Å²) in [5.41, 5.74) is 4.44. The molecule has 1 heterocycles. The van der Waals surface area contributed by atoms with Crippen molar-refractivity contribution >= 4 is 39.8 Å². The van der Waals surface area contributed by atoms with Crippen molar-refractivity contribution in [1.29, 1.82) is 0 Å². The first-order chi connectivity index (χ1) is 13.3. The van der Waals surface area contributed by atoms with E-state index in [1.54, 1.807) is 23.1 Å². The molecule has 3 nitrogen and oxygen atoms in total. The minimum atomic E-state index is -0.302. The summed E-state index contributed by atoms with van der Waals surface area (Å²) in [7, 11) is 0. The molecule has 3 aromatic carbocycles. The minimum absolute atomic E-state index is 0.255. The number of fused-ring (bicyclic) bond motifs is 1. The molecule has 1 aromatic heterocycles. The zero-order chi connectivity index (χ0) is 18.5. The Kier molecular flexibility index (Phi) is 5.51.